The Morgan fingerprint density at radius 1 is 0.815 bits per heavy atom. The second-order valence-corrected chi connectivity index (χ2v) is 9.30. The van der Waals surface area contributed by atoms with E-state index in [0.717, 1.165) is 27.3 Å². The minimum absolute atomic E-state index is 0.733. The molecule has 3 aromatic carbocycles. The summed E-state index contributed by atoms with van der Waals surface area (Å²) in [4.78, 5) is 0. The Morgan fingerprint density at radius 3 is 1.70 bits per heavy atom. The molecule has 1 N–H and O–H groups in total. The third-order valence-corrected chi connectivity index (χ3v) is 7.99. The van der Waals surface area contributed by atoms with Gasteiger partial charge in [0.15, 0.2) is 0 Å². The fraction of sp³-hybridized carbons (Fsp3) is 0.174. The van der Waals surface area contributed by atoms with Crippen LogP contribution >= 0.6 is 7.29 Å². The molecule has 0 aliphatic rings. The van der Waals surface area contributed by atoms with Crippen LogP contribution in [-0.2, 0) is 10.1 Å². The smallest absolute Gasteiger partial charge is 0.206 e. The number of hydrogen-bond donors (Lipinski definition) is 1. The maximum atomic E-state index is 14.5. The molecule has 0 spiro atoms. The Kier molecular flexibility index (Phi) is 5.33. The molecule has 0 fully saturated rings. The van der Waals surface area contributed by atoms with Gasteiger partial charge in [0.1, 0.15) is 5.54 Å². The van der Waals surface area contributed by atoms with Crippen molar-refractivity contribution in [3.05, 3.63) is 95.6 Å². The summed E-state index contributed by atoms with van der Waals surface area (Å²) in [5, 5.41) is 14.7. The van der Waals surface area contributed by atoms with Gasteiger partial charge in [0.2, 0.25) is 7.29 Å². The average Bonchev–Trinajstić information content (AvgIpc) is 2.69. The van der Waals surface area contributed by atoms with Gasteiger partial charge in [-0.2, -0.15) is 5.26 Å². The van der Waals surface area contributed by atoms with Crippen LogP contribution in [0.15, 0.2) is 78.9 Å². The second kappa shape index (κ2) is 7.53. The normalized spacial score (nSPS) is 13.6. The third-order valence-electron chi connectivity index (χ3n) is 4.87. The Morgan fingerprint density at radius 2 is 1.26 bits per heavy atom. The number of rotatable bonds is 5. The monoisotopic (exact) mass is 374 g/mol. The molecule has 3 rings (SSSR count). The van der Waals surface area contributed by atoms with E-state index < -0.39 is 12.8 Å². The molecule has 0 saturated carbocycles. The van der Waals surface area contributed by atoms with Crippen LogP contribution in [0.4, 0.5) is 0 Å². The molecule has 27 heavy (non-hydrogen) atoms. The number of benzene rings is 3. The van der Waals surface area contributed by atoms with Crippen molar-refractivity contribution in [1.82, 2.24) is 5.09 Å². The van der Waals surface area contributed by atoms with Crippen LogP contribution in [0.2, 0.25) is 0 Å². The van der Waals surface area contributed by atoms with Crippen molar-refractivity contribution in [1.29, 1.82) is 5.26 Å². The van der Waals surface area contributed by atoms with Gasteiger partial charge in [0.05, 0.1) is 6.07 Å². The van der Waals surface area contributed by atoms with Crippen molar-refractivity contribution in [2.75, 3.05) is 0 Å². The maximum absolute atomic E-state index is 14.5. The summed E-state index contributed by atoms with van der Waals surface area (Å²) < 4.78 is 14.5. The van der Waals surface area contributed by atoms with Gasteiger partial charge in [-0.05, 0) is 49.6 Å². The van der Waals surface area contributed by atoms with Crippen molar-refractivity contribution < 1.29 is 4.57 Å². The lowest BCUT2D eigenvalue weighted by molar-refractivity contribution is 0.532. The van der Waals surface area contributed by atoms with Crippen molar-refractivity contribution in [3.63, 3.8) is 0 Å². The van der Waals surface area contributed by atoms with E-state index in [9.17, 15) is 9.83 Å². The zero-order valence-electron chi connectivity index (χ0n) is 15.8. The minimum atomic E-state index is -3.28. The fourth-order valence-electron chi connectivity index (χ4n) is 3.32. The Bertz CT molecular complexity index is 990. The van der Waals surface area contributed by atoms with Crippen LogP contribution in [0.3, 0.4) is 0 Å². The predicted octanol–water partition coefficient (Wildman–Crippen LogP) is 4.56. The quantitative estimate of drug-likeness (QED) is 0.666. The highest BCUT2D eigenvalue weighted by molar-refractivity contribution is 7.77. The summed E-state index contributed by atoms with van der Waals surface area (Å²) in [6.45, 7) is 5.69. The lowest BCUT2D eigenvalue weighted by Gasteiger charge is -2.32. The first-order valence-electron chi connectivity index (χ1n) is 8.89. The molecule has 0 aliphatic heterocycles. The summed E-state index contributed by atoms with van der Waals surface area (Å²) in [6.07, 6.45) is 0. The van der Waals surface area contributed by atoms with E-state index >= 15 is 0 Å². The predicted molar refractivity (Wildman–Crippen MR) is 112 cm³/mol. The van der Waals surface area contributed by atoms with Crippen LogP contribution in [0.1, 0.15) is 23.6 Å². The molecule has 0 radical (unpaired) electrons. The van der Waals surface area contributed by atoms with Crippen LogP contribution in [-0.4, -0.2) is 0 Å². The van der Waals surface area contributed by atoms with E-state index in [0.29, 0.717) is 0 Å². The summed E-state index contributed by atoms with van der Waals surface area (Å²) in [7, 11) is -3.28. The molecule has 0 aromatic heterocycles. The maximum Gasteiger partial charge on any atom is 0.206 e. The van der Waals surface area contributed by atoms with Gasteiger partial charge in [-0.1, -0.05) is 66.7 Å². The summed E-state index contributed by atoms with van der Waals surface area (Å²) in [5.41, 5.74) is 1.56. The molecule has 0 unspecified atom stereocenters. The van der Waals surface area contributed by atoms with E-state index in [4.69, 9.17) is 0 Å². The van der Waals surface area contributed by atoms with Crippen LogP contribution in [0, 0.1) is 25.2 Å². The van der Waals surface area contributed by atoms with Crippen molar-refractivity contribution in [3.8, 4) is 6.07 Å². The zero-order valence-corrected chi connectivity index (χ0v) is 16.7. The van der Waals surface area contributed by atoms with Gasteiger partial charge in [0, 0.05) is 10.6 Å². The minimum Gasteiger partial charge on any atom is -0.296 e. The van der Waals surface area contributed by atoms with E-state index in [2.05, 4.69) is 11.2 Å². The highest BCUT2D eigenvalue weighted by atomic mass is 31.2. The van der Waals surface area contributed by atoms with Gasteiger partial charge >= 0.3 is 0 Å². The number of aryl methyl sites for hydroxylation is 2. The van der Waals surface area contributed by atoms with E-state index in [1.165, 1.54) is 0 Å². The molecular formula is C23H23N2OP. The number of nitrogens with zero attached hydrogens (tertiary/aromatic N) is 1. The first-order chi connectivity index (χ1) is 12.9. The van der Waals surface area contributed by atoms with Crippen LogP contribution < -0.4 is 15.7 Å². The molecular weight excluding hydrogens is 351 g/mol. The van der Waals surface area contributed by atoms with Gasteiger partial charge in [-0.15, -0.1) is 0 Å². The summed E-state index contributed by atoms with van der Waals surface area (Å²) >= 11 is 0. The number of nitriles is 1. The van der Waals surface area contributed by atoms with Gasteiger partial charge in [-0.3, -0.25) is 4.57 Å². The molecule has 4 heteroatoms. The average molecular weight is 374 g/mol. The van der Waals surface area contributed by atoms with Crippen molar-refractivity contribution in [2.45, 2.75) is 26.3 Å². The summed E-state index contributed by atoms with van der Waals surface area (Å²) in [6, 6.07) is 27.1. The SMILES string of the molecule is Cc1ccccc1P(=O)(N[C@@](C)(C#N)c1ccccc1)c1ccccc1C. The van der Waals surface area contributed by atoms with E-state index in [1.54, 1.807) is 6.92 Å². The molecule has 0 bridgehead atoms. The Balaban J connectivity index is 2.23. The largest absolute Gasteiger partial charge is 0.296 e. The van der Waals surface area contributed by atoms with Gasteiger partial charge in [0.25, 0.3) is 0 Å². The molecule has 0 amide bonds. The van der Waals surface area contributed by atoms with Crippen LogP contribution in [0.25, 0.3) is 0 Å². The molecule has 0 heterocycles. The Labute approximate surface area is 161 Å². The lowest BCUT2D eigenvalue weighted by Crippen LogP contribution is -2.42. The highest BCUT2D eigenvalue weighted by Crippen LogP contribution is 2.45. The standard InChI is InChI=1S/C23H23N2OP/c1-18-11-7-9-15-21(18)27(26,22-16-10-8-12-19(22)2)25-23(3,17-24)20-13-5-4-6-14-20/h4-16H,1-3H3,(H,25,26)/t23-/m0/s1. The lowest BCUT2D eigenvalue weighted by atomic mass is 9.95. The molecule has 3 aromatic rings. The first kappa shape index (κ1) is 19.1. The summed E-state index contributed by atoms with van der Waals surface area (Å²) in [5.74, 6) is 0. The van der Waals surface area contributed by atoms with E-state index in [-0.39, 0.29) is 0 Å². The Hall–Kier alpha value is -2.66. The molecule has 1 atom stereocenters. The fourth-order valence-corrected chi connectivity index (χ4v) is 6.37. The van der Waals surface area contributed by atoms with Crippen LogP contribution in [0.5, 0.6) is 0 Å². The number of hydrogen-bond acceptors (Lipinski definition) is 2. The molecule has 3 nitrogen and oxygen atoms in total. The topological polar surface area (TPSA) is 52.9 Å². The molecule has 0 aliphatic carbocycles. The first-order valence-corrected chi connectivity index (χ1v) is 10.6. The molecule has 0 saturated heterocycles. The highest BCUT2D eigenvalue weighted by Gasteiger charge is 2.39. The van der Waals surface area contributed by atoms with Gasteiger partial charge < -0.3 is 0 Å². The van der Waals surface area contributed by atoms with Crippen molar-refractivity contribution >= 4 is 17.9 Å². The second-order valence-electron chi connectivity index (χ2n) is 6.90. The van der Waals surface area contributed by atoms with E-state index in [1.807, 2.05) is 92.7 Å². The third kappa shape index (κ3) is 3.60. The zero-order chi connectivity index (χ0) is 19.5. The molecule has 136 valence electrons. The van der Waals surface area contributed by atoms with Gasteiger partial charge in [-0.25, -0.2) is 5.09 Å². The van der Waals surface area contributed by atoms with Crippen molar-refractivity contribution in [2.24, 2.45) is 0 Å². The number of nitrogens with one attached hydrogen (secondary N) is 1.